The van der Waals surface area contributed by atoms with Crippen molar-refractivity contribution in [2.24, 2.45) is 0 Å². The number of hydrogen-bond donors (Lipinski definition) is 2. The molecule has 6 rings (SSSR count). The van der Waals surface area contributed by atoms with Crippen LogP contribution in [0.15, 0.2) is 18.2 Å². The number of halogens is 2. The van der Waals surface area contributed by atoms with Gasteiger partial charge in [-0.25, -0.2) is 13.8 Å². The molecule has 2 saturated heterocycles. The molecule has 210 valence electrons. The molecule has 0 atom stereocenters. The number of H-pyrrole nitrogens is 1. The molecular weight excluding hydrogens is 504 g/mol. The molecule has 0 radical (unpaired) electrons. The number of anilines is 3. The van der Waals surface area contributed by atoms with E-state index in [-0.39, 0.29) is 25.9 Å². The first kappa shape index (κ1) is 26.0. The molecule has 39 heavy (non-hydrogen) atoms. The molecule has 2 aliphatic heterocycles. The monoisotopic (exact) mass is 541 g/mol. The number of hydrogen-bond acceptors (Lipinski definition) is 8. The number of ether oxygens (including phenoxy) is 2. The Morgan fingerprint density at radius 2 is 1.82 bits per heavy atom. The van der Waals surface area contributed by atoms with E-state index in [2.05, 4.69) is 20.4 Å². The van der Waals surface area contributed by atoms with Crippen LogP contribution in [0.25, 0.3) is 10.9 Å². The molecule has 9 nitrogen and oxygen atoms in total. The van der Waals surface area contributed by atoms with Crippen molar-refractivity contribution in [1.29, 1.82) is 0 Å². The van der Waals surface area contributed by atoms with Gasteiger partial charge in [-0.2, -0.15) is 10.1 Å². The first-order chi connectivity index (χ1) is 19.0. The third-order valence-corrected chi connectivity index (χ3v) is 8.21. The molecular formula is C28H37F2N7O2. The molecule has 11 heteroatoms. The van der Waals surface area contributed by atoms with Gasteiger partial charge in [-0.3, -0.25) is 5.10 Å². The number of rotatable bonds is 10. The summed E-state index contributed by atoms with van der Waals surface area (Å²) < 4.78 is 39.6. The van der Waals surface area contributed by atoms with Crippen molar-refractivity contribution in [2.45, 2.75) is 63.2 Å². The lowest BCUT2D eigenvalue weighted by atomic mass is 9.83. The summed E-state index contributed by atoms with van der Waals surface area (Å²) in [4.78, 5) is 13.9. The maximum atomic E-state index is 13.9. The number of benzene rings is 1. The van der Waals surface area contributed by atoms with E-state index in [0.717, 1.165) is 37.1 Å². The summed E-state index contributed by atoms with van der Waals surface area (Å²) in [7, 11) is 1.62. The Kier molecular flexibility index (Phi) is 7.42. The topological polar surface area (TPSA) is 91.4 Å². The summed E-state index contributed by atoms with van der Waals surface area (Å²) in [6.07, 6.45) is 6.61. The zero-order valence-electron chi connectivity index (χ0n) is 22.5. The van der Waals surface area contributed by atoms with E-state index < -0.39 is 5.92 Å². The number of piperidine rings is 1. The van der Waals surface area contributed by atoms with E-state index in [1.165, 1.54) is 32.1 Å². The molecule has 3 aromatic rings. The van der Waals surface area contributed by atoms with Gasteiger partial charge in [0.15, 0.2) is 17.3 Å². The van der Waals surface area contributed by atoms with Crippen LogP contribution in [-0.4, -0.2) is 77.4 Å². The van der Waals surface area contributed by atoms with E-state index in [0.29, 0.717) is 47.1 Å². The molecule has 3 aliphatic rings. The SMILES string of the molecule is COc1cc2c(Nc3cc(C4CCC4)[nH]n3)nc(N3CCC(F)(F)CC3)nc2cc1OCCCN1CCCC1. The second-order valence-electron chi connectivity index (χ2n) is 10.9. The molecule has 4 heterocycles. The third kappa shape index (κ3) is 5.88. The number of likely N-dealkylation sites (tertiary alicyclic amines) is 1. The van der Waals surface area contributed by atoms with Gasteiger partial charge in [0.05, 0.1) is 19.2 Å². The Bertz CT molecular complexity index is 1280. The number of methoxy groups -OCH3 is 1. The van der Waals surface area contributed by atoms with Crippen LogP contribution < -0.4 is 19.7 Å². The van der Waals surface area contributed by atoms with Gasteiger partial charge < -0.3 is 24.6 Å². The molecule has 0 bridgehead atoms. The Labute approximate surface area is 227 Å². The Hall–Kier alpha value is -3.21. The Morgan fingerprint density at radius 1 is 1.03 bits per heavy atom. The van der Waals surface area contributed by atoms with Gasteiger partial charge in [0.2, 0.25) is 5.95 Å². The highest BCUT2D eigenvalue weighted by Gasteiger charge is 2.35. The first-order valence-electron chi connectivity index (χ1n) is 14.2. The van der Waals surface area contributed by atoms with Gasteiger partial charge in [0.25, 0.3) is 5.92 Å². The smallest absolute Gasteiger partial charge is 0.251 e. The number of aromatic nitrogens is 4. The summed E-state index contributed by atoms with van der Waals surface area (Å²) in [5.41, 5.74) is 1.77. The molecule has 1 aliphatic carbocycles. The van der Waals surface area contributed by atoms with E-state index in [4.69, 9.17) is 19.4 Å². The lowest BCUT2D eigenvalue weighted by Gasteiger charge is -2.32. The molecule has 1 saturated carbocycles. The third-order valence-electron chi connectivity index (χ3n) is 8.21. The van der Waals surface area contributed by atoms with Gasteiger partial charge in [-0.15, -0.1) is 0 Å². The van der Waals surface area contributed by atoms with Gasteiger partial charge in [-0.1, -0.05) is 6.42 Å². The number of fused-ring (bicyclic) bond motifs is 1. The lowest BCUT2D eigenvalue weighted by Crippen LogP contribution is -2.40. The Morgan fingerprint density at radius 3 is 2.54 bits per heavy atom. The number of nitrogens with zero attached hydrogens (tertiary/aromatic N) is 5. The van der Waals surface area contributed by atoms with Gasteiger partial charge in [0.1, 0.15) is 5.82 Å². The fourth-order valence-corrected chi connectivity index (χ4v) is 5.59. The highest BCUT2D eigenvalue weighted by atomic mass is 19.3. The molecule has 2 aromatic heterocycles. The average molecular weight is 542 g/mol. The minimum Gasteiger partial charge on any atom is -0.493 e. The van der Waals surface area contributed by atoms with Crippen molar-refractivity contribution in [2.75, 3.05) is 56.7 Å². The number of alkyl halides is 2. The average Bonchev–Trinajstić information content (AvgIpc) is 3.57. The summed E-state index contributed by atoms with van der Waals surface area (Å²) in [6, 6.07) is 5.76. The highest BCUT2D eigenvalue weighted by molar-refractivity contribution is 5.94. The number of aromatic amines is 1. The first-order valence-corrected chi connectivity index (χ1v) is 14.2. The predicted molar refractivity (Wildman–Crippen MR) is 147 cm³/mol. The van der Waals surface area contributed by atoms with E-state index in [9.17, 15) is 8.78 Å². The Balaban J connectivity index is 1.28. The van der Waals surface area contributed by atoms with Crippen LogP contribution in [0.3, 0.4) is 0 Å². The van der Waals surface area contributed by atoms with Crippen LogP contribution in [0.5, 0.6) is 11.5 Å². The summed E-state index contributed by atoms with van der Waals surface area (Å²) in [6.45, 7) is 4.30. The largest absolute Gasteiger partial charge is 0.493 e. The van der Waals surface area contributed by atoms with Crippen molar-refractivity contribution in [3.8, 4) is 11.5 Å². The minimum absolute atomic E-state index is 0.197. The molecule has 0 unspecified atom stereocenters. The fraction of sp³-hybridized carbons (Fsp3) is 0.607. The molecule has 0 amide bonds. The lowest BCUT2D eigenvalue weighted by molar-refractivity contribution is -0.0222. The minimum atomic E-state index is -2.65. The van der Waals surface area contributed by atoms with Crippen LogP contribution in [0.2, 0.25) is 0 Å². The number of nitrogens with one attached hydrogen (secondary N) is 2. The van der Waals surface area contributed by atoms with E-state index in [1.54, 1.807) is 7.11 Å². The fourth-order valence-electron chi connectivity index (χ4n) is 5.59. The van der Waals surface area contributed by atoms with E-state index >= 15 is 0 Å². The maximum absolute atomic E-state index is 13.9. The van der Waals surface area contributed by atoms with Crippen LogP contribution in [0.1, 0.15) is 63.0 Å². The molecule has 1 aromatic carbocycles. The summed E-state index contributed by atoms with van der Waals surface area (Å²) >= 11 is 0. The molecule has 3 fully saturated rings. The second-order valence-corrected chi connectivity index (χ2v) is 10.9. The van der Waals surface area contributed by atoms with Crippen LogP contribution in [0, 0.1) is 0 Å². The molecule has 2 N–H and O–H groups in total. The summed E-state index contributed by atoms with van der Waals surface area (Å²) in [5.74, 6) is 0.709. The quantitative estimate of drug-likeness (QED) is 0.327. The van der Waals surface area contributed by atoms with E-state index in [1.807, 2.05) is 23.1 Å². The molecule has 0 spiro atoms. The van der Waals surface area contributed by atoms with Crippen molar-refractivity contribution in [3.05, 3.63) is 23.9 Å². The predicted octanol–water partition coefficient (Wildman–Crippen LogP) is 5.47. The summed E-state index contributed by atoms with van der Waals surface area (Å²) in [5, 5.41) is 11.7. The van der Waals surface area contributed by atoms with Crippen LogP contribution >= 0.6 is 0 Å². The van der Waals surface area contributed by atoms with Crippen LogP contribution in [-0.2, 0) is 0 Å². The van der Waals surface area contributed by atoms with Gasteiger partial charge in [-0.05, 0) is 51.3 Å². The van der Waals surface area contributed by atoms with Gasteiger partial charge >= 0.3 is 0 Å². The zero-order valence-corrected chi connectivity index (χ0v) is 22.5. The van der Waals surface area contributed by atoms with Crippen LogP contribution in [0.4, 0.5) is 26.4 Å². The maximum Gasteiger partial charge on any atom is 0.251 e. The zero-order chi connectivity index (χ0) is 26.8. The standard InChI is InChI=1S/C28H37F2N7O2/c1-38-23-16-20-22(17-24(23)39-15-5-12-36-10-2-3-11-36)31-27(37-13-8-28(29,30)9-14-37)33-26(20)32-25-18-21(34-35-25)19-6-4-7-19/h16-19H,2-15H2,1H3,(H2,31,32,33,34,35). The van der Waals surface area contributed by atoms with Crippen molar-refractivity contribution < 1.29 is 18.3 Å². The van der Waals surface area contributed by atoms with Gasteiger partial charge in [0, 0.05) is 61.6 Å². The van der Waals surface area contributed by atoms with Crippen molar-refractivity contribution in [3.63, 3.8) is 0 Å². The van der Waals surface area contributed by atoms with Crippen molar-refractivity contribution >= 4 is 28.5 Å². The normalized spacial score (nSPS) is 19.8. The van der Waals surface area contributed by atoms with Crippen molar-refractivity contribution in [1.82, 2.24) is 25.1 Å². The second kappa shape index (κ2) is 11.1. The highest BCUT2D eigenvalue weighted by Crippen LogP contribution is 2.39.